The molecule has 2 fully saturated rings. The standard InChI is InChI=1S/C22H24ClF2N5O2/c1-13(31)15-11-17(25)19(12-16(15)24)26-18-3-2-8-30(22(18)32)14-6-9-29(10-7-14)21-5-4-20(23)27-28-21/h4-5,11-12,14,18,26H,2-3,6-10H2,1H3. The first-order valence-electron chi connectivity index (χ1n) is 10.6. The van der Waals surface area contributed by atoms with E-state index < -0.39 is 23.5 Å². The van der Waals surface area contributed by atoms with E-state index in [4.69, 9.17) is 11.6 Å². The van der Waals surface area contributed by atoms with E-state index in [-0.39, 0.29) is 23.2 Å². The van der Waals surface area contributed by atoms with Crippen molar-refractivity contribution in [2.24, 2.45) is 0 Å². The van der Waals surface area contributed by atoms with Crippen LogP contribution in [0.2, 0.25) is 5.15 Å². The second-order valence-corrected chi connectivity index (χ2v) is 8.56. The Labute approximate surface area is 189 Å². The van der Waals surface area contributed by atoms with Gasteiger partial charge in [-0.25, -0.2) is 8.78 Å². The van der Waals surface area contributed by atoms with Crippen molar-refractivity contribution < 1.29 is 18.4 Å². The highest BCUT2D eigenvalue weighted by atomic mass is 35.5. The summed E-state index contributed by atoms with van der Waals surface area (Å²) in [5.41, 5.74) is -0.411. The van der Waals surface area contributed by atoms with E-state index in [9.17, 15) is 18.4 Å². The second-order valence-electron chi connectivity index (χ2n) is 8.17. The van der Waals surface area contributed by atoms with Crippen molar-refractivity contribution in [3.8, 4) is 0 Å². The fraction of sp³-hybridized carbons (Fsp3) is 0.455. The highest BCUT2D eigenvalue weighted by Crippen LogP contribution is 2.27. The molecule has 0 radical (unpaired) electrons. The minimum absolute atomic E-state index is 0.0743. The molecule has 2 aliphatic heterocycles. The van der Waals surface area contributed by atoms with E-state index in [1.807, 2.05) is 11.0 Å². The molecule has 7 nitrogen and oxygen atoms in total. The van der Waals surface area contributed by atoms with Crippen LogP contribution >= 0.6 is 11.6 Å². The molecule has 1 amide bonds. The SMILES string of the molecule is CC(=O)c1cc(F)c(NC2CCCN(C3CCN(c4ccc(Cl)nn4)CC3)C2=O)cc1F. The summed E-state index contributed by atoms with van der Waals surface area (Å²) in [5.74, 6) is -1.47. The topological polar surface area (TPSA) is 78.4 Å². The number of halogens is 3. The van der Waals surface area contributed by atoms with Gasteiger partial charge >= 0.3 is 0 Å². The number of carbonyl (C=O) groups excluding carboxylic acids is 2. The number of ketones is 1. The maximum absolute atomic E-state index is 14.4. The molecule has 0 aliphatic carbocycles. The number of piperidine rings is 2. The summed E-state index contributed by atoms with van der Waals surface area (Å²) in [6, 6.07) is 4.79. The van der Waals surface area contributed by atoms with Crippen LogP contribution < -0.4 is 10.2 Å². The fourth-order valence-electron chi connectivity index (χ4n) is 4.40. The molecule has 0 bridgehead atoms. The third-order valence-electron chi connectivity index (χ3n) is 6.09. The summed E-state index contributed by atoms with van der Waals surface area (Å²) >= 11 is 5.80. The molecular formula is C22H24ClF2N5O2. The molecule has 32 heavy (non-hydrogen) atoms. The van der Waals surface area contributed by atoms with Gasteiger partial charge in [-0.15, -0.1) is 10.2 Å². The lowest BCUT2D eigenvalue weighted by atomic mass is 9.97. The molecule has 0 saturated carbocycles. The van der Waals surface area contributed by atoms with Crippen molar-refractivity contribution in [3.63, 3.8) is 0 Å². The van der Waals surface area contributed by atoms with Crippen molar-refractivity contribution in [1.29, 1.82) is 0 Å². The Morgan fingerprint density at radius 2 is 1.84 bits per heavy atom. The predicted octanol–water partition coefficient (Wildman–Crippen LogP) is 3.68. The van der Waals surface area contributed by atoms with Gasteiger partial charge in [0.1, 0.15) is 17.7 Å². The monoisotopic (exact) mass is 463 g/mol. The number of amides is 1. The van der Waals surface area contributed by atoms with E-state index in [1.165, 1.54) is 6.92 Å². The second kappa shape index (κ2) is 9.36. The zero-order chi connectivity index (χ0) is 22.8. The highest BCUT2D eigenvalue weighted by molar-refractivity contribution is 6.29. The number of hydrogen-bond donors (Lipinski definition) is 1. The van der Waals surface area contributed by atoms with E-state index in [0.717, 1.165) is 50.3 Å². The van der Waals surface area contributed by atoms with Crippen LogP contribution in [0.3, 0.4) is 0 Å². The lowest BCUT2D eigenvalue weighted by molar-refractivity contribution is -0.137. The van der Waals surface area contributed by atoms with Crippen molar-refractivity contribution in [2.75, 3.05) is 29.9 Å². The smallest absolute Gasteiger partial charge is 0.245 e. The Kier molecular flexibility index (Phi) is 6.55. The number of rotatable bonds is 5. The number of carbonyl (C=O) groups is 2. The van der Waals surface area contributed by atoms with E-state index in [0.29, 0.717) is 18.1 Å². The molecule has 2 aromatic rings. The van der Waals surface area contributed by atoms with Gasteiger partial charge in [-0.3, -0.25) is 9.59 Å². The quantitative estimate of drug-likeness (QED) is 0.681. The van der Waals surface area contributed by atoms with E-state index in [2.05, 4.69) is 20.4 Å². The number of likely N-dealkylation sites (tertiary alicyclic amines) is 1. The summed E-state index contributed by atoms with van der Waals surface area (Å²) in [6.45, 7) is 3.28. The van der Waals surface area contributed by atoms with Crippen LogP contribution in [0, 0.1) is 11.6 Å². The maximum Gasteiger partial charge on any atom is 0.245 e. The molecule has 1 aromatic heterocycles. The zero-order valence-corrected chi connectivity index (χ0v) is 18.4. The summed E-state index contributed by atoms with van der Waals surface area (Å²) in [4.78, 5) is 28.5. The Balaban J connectivity index is 1.40. The van der Waals surface area contributed by atoms with Gasteiger partial charge in [0.2, 0.25) is 5.91 Å². The first-order chi connectivity index (χ1) is 15.3. The number of nitrogens with one attached hydrogen (secondary N) is 1. The molecule has 1 atom stereocenters. The summed E-state index contributed by atoms with van der Waals surface area (Å²) in [5, 5.41) is 11.2. The van der Waals surface area contributed by atoms with Crippen molar-refractivity contribution in [1.82, 2.24) is 15.1 Å². The highest BCUT2D eigenvalue weighted by Gasteiger charge is 2.35. The average molecular weight is 464 g/mol. The van der Waals surface area contributed by atoms with E-state index in [1.54, 1.807) is 6.07 Å². The third-order valence-corrected chi connectivity index (χ3v) is 6.29. The van der Waals surface area contributed by atoms with Crippen molar-refractivity contribution in [3.05, 3.63) is 46.6 Å². The number of nitrogens with zero attached hydrogens (tertiary/aromatic N) is 4. The lowest BCUT2D eigenvalue weighted by Crippen LogP contribution is -2.54. The fourth-order valence-corrected chi connectivity index (χ4v) is 4.50. The minimum Gasteiger partial charge on any atom is -0.371 e. The van der Waals surface area contributed by atoms with Crippen LogP contribution in [0.5, 0.6) is 0 Å². The van der Waals surface area contributed by atoms with Gasteiger partial charge in [-0.05, 0) is 50.8 Å². The zero-order valence-electron chi connectivity index (χ0n) is 17.7. The van der Waals surface area contributed by atoms with Crippen LogP contribution in [0.4, 0.5) is 20.3 Å². The lowest BCUT2D eigenvalue weighted by Gasteiger charge is -2.42. The molecular weight excluding hydrogens is 440 g/mol. The predicted molar refractivity (Wildman–Crippen MR) is 117 cm³/mol. The molecule has 4 rings (SSSR count). The normalized spacial score (nSPS) is 19.9. The van der Waals surface area contributed by atoms with Crippen molar-refractivity contribution in [2.45, 2.75) is 44.7 Å². The number of anilines is 2. The van der Waals surface area contributed by atoms with Crippen LogP contribution in [0.25, 0.3) is 0 Å². The van der Waals surface area contributed by atoms with Gasteiger partial charge in [-0.2, -0.15) is 0 Å². The van der Waals surface area contributed by atoms with Crippen LogP contribution in [0.15, 0.2) is 24.3 Å². The van der Waals surface area contributed by atoms with Crippen LogP contribution in [-0.2, 0) is 4.79 Å². The Morgan fingerprint density at radius 1 is 1.09 bits per heavy atom. The molecule has 1 aromatic carbocycles. The number of Topliss-reactive ketones (excluding diaryl/α,β-unsaturated/α-hetero) is 1. The number of benzene rings is 1. The van der Waals surface area contributed by atoms with Gasteiger partial charge in [0.05, 0.1) is 11.3 Å². The Bertz CT molecular complexity index is 1010. The molecule has 170 valence electrons. The van der Waals surface area contributed by atoms with Gasteiger partial charge in [-0.1, -0.05) is 11.6 Å². The first-order valence-corrected chi connectivity index (χ1v) is 11.0. The third kappa shape index (κ3) is 4.67. The van der Waals surface area contributed by atoms with E-state index >= 15 is 0 Å². The van der Waals surface area contributed by atoms with Crippen LogP contribution in [-0.4, -0.2) is 58.5 Å². The summed E-state index contributed by atoms with van der Waals surface area (Å²) in [6.07, 6.45) is 2.85. The summed E-state index contributed by atoms with van der Waals surface area (Å²) < 4.78 is 28.6. The molecule has 2 aliphatic rings. The van der Waals surface area contributed by atoms with Crippen LogP contribution in [0.1, 0.15) is 43.0 Å². The molecule has 0 spiro atoms. The Morgan fingerprint density at radius 3 is 2.50 bits per heavy atom. The largest absolute Gasteiger partial charge is 0.371 e. The Hall–Kier alpha value is -2.81. The summed E-state index contributed by atoms with van der Waals surface area (Å²) in [7, 11) is 0. The molecule has 1 N–H and O–H groups in total. The maximum atomic E-state index is 14.4. The van der Waals surface area contributed by atoms with Gasteiger partial charge in [0, 0.05) is 31.7 Å². The number of hydrogen-bond acceptors (Lipinski definition) is 6. The first kappa shape index (κ1) is 22.4. The van der Waals surface area contributed by atoms with Gasteiger partial charge in [0.25, 0.3) is 0 Å². The molecule has 1 unspecified atom stereocenters. The number of aromatic nitrogens is 2. The van der Waals surface area contributed by atoms with Gasteiger partial charge in [0.15, 0.2) is 16.8 Å². The van der Waals surface area contributed by atoms with Crippen molar-refractivity contribution >= 4 is 34.8 Å². The average Bonchev–Trinajstić information content (AvgIpc) is 2.78. The molecule has 3 heterocycles. The molecule has 10 heteroatoms. The van der Waals surface area contributed by atoms with Gasteiger partial charge < -0.3 is 15.1 Å². The minimum atomic E-state index is -0.806. The molecule has 2 saturated heterocycles.